The van der Waals surface area contributed by atoms with Crippen LogP contribution in [0.2, 0.25) is 0 Å². The number of hydrogen-bond acceptors (Lipinski definition) is 9. The first-order valence-corrected chi connectivity index (χ1v) is 14.1. The van der Waals surface area contributed by atoms with Gasteiger partial charge in [0.1, 0.15) is 46.1 Å². The number of aliphatic imine (C=N–C) groups is 1. The van der Waals surface area contributed by atoms with Crippen molar-refractivity contribution in [3.8, 4) is 11.8 Å². The number of likely N-dealkylation sites (tertiary alicyclic amines) is 1. The molecule has 1 aliphatic heterocycles. The number of ether oxygens (including phenoxy) is 2. The Morgan fingerprint density at radius 2 is 1.95 bits per heavy atom. The zero-order chi connectivity index (χ0) is 30.0. The lowest BCUT2D eigenvalue weighted by atomic mass is 10.0. The van der Waals surface area contributed by atoms with Gasteiger partial charge < -0.3 is 20.2 Å². The molecule has 0 bridgehead atoms. The summed E-state index contributed by atoms with van der Waals surface area (Å²) in [5.74, 6) is 6.11. The summed E-state index contributed by atoms with van der Waals surface area (Å²) in [6.45, 7) is 8.48. The number of nitrogens with two attached hydrogens (primary N) is 1. The van der Waals surface area contributed by atoms with Gasteiger partial charge in [0.25, 0.3) is 0 Å². The number of nitrogens with zero attached hydrogens (tertiary/aromatic N) is 7. The van der Waals surface area contributed by atoms with E-state index in [1.807, 2.05) is 27.7 Å². The molecule has 1 aliphatic carbocycles. The minimum absolute atomic E-state index is 0.0152. The first-order valence-electron chi connectivity index (χ1n) is 14.1. The highest BCUT2D eigenvalue weighted by Gasteiger charge is 2.36. The molecule has 220 valence electrons. The van der Waals surface area contributed by atoms with Gasteiger partial charge in [-0.25, -0.2) is 13.7 Å². The van der Waals surface area contributed by atoms with E-state index in [-0.39, 0.29) is 18.1 Å². The Bertz CT molecular complexity index is 1560. The standard InChI is InChI=1S/C30H35FN8O3/c1-18(36-23-9-11-38(12-10-23)29(40)42-30(2,3)4)26(37-33)20-13-25(27-21(14-32)15-35-39(27)17-20)41-28(19-5-6-19)24-8-7-22(31)16-34-24/h7-8,13,15-17,19,23,28H,5-6,9-12,33H2,1-4H3/b36-18?,37-26+. The molecule has 12 heteroatoms. The second-order valence-electron chi connectivity index (χ2n) is 11.7. The molecule has 2 N–H and O–H groups in total. The summed E-state index contributed by atoms with van der Waals surface area (Å²) < 4.78 is 27.2. The van der Waals surface area contributed by atoms with E-state index in [9.17, 15) is 14.4 Å². The molecule has 42 heavy (non-hydrogen) atoms. The highest BCUT2D eigenvalue weighted by molar-refractivity contribution is 6.47. The Morgan fingerprint density at radius 3 is 2.55 bits per heavy atom. The van der Waals surface area contributed by atoms with Gasteiger partial charge >= 0.3 is 6.09 Å². The van der Waals surface area contributed by atoms with E-state index in [0.717, 1.165) is 12.8 Å². The third-order valence-corrected chi connectivity index (χ3v) is 7.28. The fourth-order valence-corrected chi connectivity index (χ4v) is 5.09. The van der Waals surface area contributed by atoms with Gasteiger partial charge in [-0.3, -0.25) is 9.98 Å². The Kier molecular flexibility index (Phi) is 8.11. The number of halogens is 1. The zero-order valence-electron chi connectivity index (χ0n) is 24.2. The second kappa shape index (κ2) is 11.8. The number of pyridine rings is 2. The predicted octanol–water partition coefficient (Wildman–Crippen LogP) is 4.79. The van der Waals surface area contributed by atoms with E-state index in [1.54, 1.807) is 27.7 Å². The van der Waals surface area contributed by atoms with Gasteiger partial charge in [0, 0.05) is 30.8 Å². The van der Waals surface area contributed by atoms with Crippen LogP contribution in [-0.4, -0.2) is 61.7 Å². The largest absolute Gasteiger partial charge is 0.481 e. The van der Waals surface area contributed by atoms with Crippen LogP contribution in [-0.2, 0) is 4.74 Å². The molecule has 0 spiro atoms. The van der Waals surface area contributed by atoms with E-state index >= 15 is 0 Å². The van der Waals surface area contributed by atoms with Crippen molar-refractivity contribution in [1.29, 1.82) is 5.26 Å². The number of amides is 1. The van der Waals surface area contributed by atoms with Crippen LogP contribution in [0.5, 0.6) is 5.75 Å². The number of hydrogen-bond donors (Lipinski definition) is 1. The van der Waals surface area contributed by atoms with Crippen molar-refractivity contribution < 1.29 is 18.7 Å². The van der Waals surface area contributed by atoms with E-state index < -0.39 is 17.5 Å². The number of fused-ring (bicyclic) bond motifs is 1. The Morgan fingerprint density at radius 1 is 1.21 bits per heavy atom. The summed E-state index contributed by atoms with van der Waals surface area (Å²) in [5.41, 5.74) is 2.62. The third-order valence-electron chi connectivity index (χ3n) is 7.28. The van der Waals surface area contributed by atoms with Crippen LogP contribution in [0.25, 0.3) is 5.52 Å². The number of carbonyl (C=O) groups excluding carboxylic acids is 1. The molecule has 1 unspecified atom stereocenters. The van der Waals surface area contributed by atoms with Crippen molar-refractivity contribution in [3.63, 3.8) is 0 Å². The molecule has 3 aromatic heterocycles. The van der Waals surface area contributed by atoms with Gasteiger partial charge in [0.05, 0.1) is 29.8 Å². The summed E-state index contributed by atoms with van der Waals surface area (Å²) >= 11 is 0. The Balaban J connectivity index is 1.40. The molecule has 2 aliphatic rings. The van der Waals surface area contributed by atoms with E-state index in [4.69, 9.17) is 20.3 Å². The van der Waals surface area contributed by atoms with Crippen molar-refractivity contribution in [3.05, 3.63) is 59.4 Å². The van der Waals surface area contributed by atoms with Crippen LogP contribution in [0.4, 0.5) is 9.18 Å². The third kappa shape index (κ3) is 6.51. The summed E-state index contributed by atoms with van der Waals surface area (Å²) in [6.07, 6.45) is 6.93. The number of rotatable bonds is 7. The van der Waals surface area contributed by atoms with Gasteiger partial charge in [-0.05, 0) is 71.6 Å². The molecular weight excluding hydrogens is 539 g/mol. The molecule has 1 saturated carbocycles. The first-order chi connectivity index (χ1) is 20.1. The van der Waals surface area contributed by atoms with Gasteiger partial charge in [0.2, 0.25) is 0 Å². The molecule has 0 aromatic carbocycles. The summed E-state index contributed by atoms with van der Waals surface area (Å²) in [6, 6.07) is 6.93. The summed E-state index contributed by atoms with van der Waals surface area (Å²) in [4.78, 5) is 23.3. The molecule has 1 saturated heterocycles. The Hall–Kier alpha value is -4.53. The minimum Gasteiger partial charge on any atom is -0.481 e. The predicted molar refractivity (Wildman–Crippen MR) is 155 cm³/mol. The molecule has 2 fully saturated rings. The highest BCUT2D eigenvalue weighted by atomic mass is 19.1. The summed E-state index contributed by atoms with van der Waals surface area (Å²) in [5, 5.41) is 18.2. The number of hydrazone groups is 1. The number of nitriles is 1. The fraction of sp³-hybridized carbons (Fsp3) is 0.467. The number of carbonyl (C=O) groups is 1. The van der Waals surface area contributed by atoms with Gasteiger partial charge in [0.15, 0.2) is 0 Å². The molecular formula is C30H35FN8O3. The molecule has 1 amide bonds. The van der Waals surface area contributed by atoms with Gasteiger partial charge in [-0.1, -0.05) is 0 Å². The van der Waals surface area contributed by atoms with Crippen molar-refractivity contribution >= 4 is 23.0 Å². The Labute approximate surface area is 243 Å². The average molecular weight is 575 g/mol. The smallest absolute Gasteiger partial charge is 0.410 e. The molecule has 3 aromatic rings. The van der Waals surface area contributed by atoms with Crippen LogP contribution in [0, 0.1) is 23.1 Å². The maximum absolute atomic E-state index is 13.6. The molecule has 1 atom stereocenters. The van der Waals surface area contributed by atoms with Crippen molar-refractivity contribution in [2.24, 2.45) is 21.9 Å². The van der Waals surface area contributed by atoms with E-state index in [2.05, 4.69) is 21.3 Å². The second-order valence-corrected chi connectivity index (χ2v) is 11.7. The van der Waals surface area contributed by atoms with Crippen molar-refractivity contribution in [2.75, 3.05) is 13.1 Å². The molecule has 4 heterocycles. The minimum atomic E-state index is -0.546. The first kappa shape index (κ1) is 29.0. The molecule has 0 radical (unpaired) electrons. The van der Waals surface area contributed by atoms with Crippen LogP contribution in [0.15, 0.2) is 46.9 Å². The average Bonchev–Trinajstić information content (AvgIpc) is 3.70. The normalized spacial score (nSPS) is 17.7. The maximum atomic E-state index is 13.6. The topological polar surface area (TPSA) is 143 Å². The van der Waals surface area contributed by atoms with Crippen molar-refractivity contribution in [1.82, 2.24) is 19.5 Å². The monoisotopic (exact) mass is 574 g/mol. The number of aromatic nitrogens is 3. The quantitative estimate of drug-likeness (QED) is 0.243. The van der Waals surface area contributed by atoms with Crippen LogP contribution in [0.1, 0.15) is 76.3 Å². The van der Waals surface area contributed by atoms with Gasteiger partial charge in [-0.15, -0.1) is 0 Å². The SMILES string of the molecule is CC(=NC1CCN(C(=O)OC(C)(C)C)CC1)/C(=N\N)c1cc(OC(c2ccc(F)cn2)C2CC2)c2c(C#N)cnn2c1. The van der Waals surface area contributed by atoms with Crippen LogP contribution >= 0.6 is 0 Å². The van der Waals surface area contributed by atoms with E-state index in [0.29, 0.717) is 65.4 Å². The van der Waals surface area contributed by atoms with Crippen molar-refractivity contribution in [2.45, 2.75) is 71.1 Å². The maximum Gasteiger partial charge on any atom is 0.410 e. The lowest BCUT2D eigenvalue weighted by Gasteiger charge is -2.32. The summed E-state index contributed by atoms with van der Waals surface area (Å²) in [7, 11) is 0. The zero-order valence-corrected chi connectivity index (χ0v) is 24.2. The lowest BCUT2D eigenvalue weighted by Crippen LogP contribution is -2.42. The highest BCUT2D eigenvalue weighted by Crippen LogP contribution is 2.44. The molecule has 5 rings (SSSR count). The lowest BCUT2D eigenvalue weighted by molar-refractivity contribution is 0.0207. The van der Waals surface area contributed by atoms with Gasteiger partial charge in [-0.2, -0.15) is 15.5 Å². The van der Waals surface area contributed by atoms with E-state index in [1.165, 1.54) is 18.5 Å². The number of piperidine rings is 1. The van der Waals surface area contributed by atoms with Crippen LogP contribution in [0.3, 0.4) is 0 Å². The van der Waals surface area contributed by atoms with Crippen LogP contribution < -0.4 is 10.6 Å². The molecule has 11 nitrogen and oxygen atoms in total. The fourth-order valence-electron chi connectivity index (χ4n) is 5.09.